The normalized spacial score (nSPS) is 31.8. The maximum atomic E-state index is 4.24. The Morgan fingerprint density at radius 1 is 1.05 bits per heavy atom. The SMILES string of the molecule is c1cncc(CN2CC[C@@H]3[C@@H]2CCN3CC2CC2)c1. The summed E-state index contributed by atoms with van der Waals surface area (Å²) in [5, 5.41) is 0. The van der Waals surface area contributed by atoms with Gasteiger partial charge in [-0.2, -0.15) is 0 Å². The van der Waals surface area contributed by atoms with Crippen molar-refractivity contribution in [2.24, 2.45) is 5.92 Å². The van der Waals surface area contributed by atoms with Gasteiger partial charge in [0, 0.05) is 50.7 Å². The average molecular weight is 257 g/mol. The highest BCUT2D eigenvalue weighted by Gasteiger charge is 2.43. The number of pyridine rings is 1. The highest BCUT2D eigenvalue weighted by molar-refractivity contribution is 5.10. The summed E-state index contributed by atoms with van der Waals surface area (Å²) in [6, 6.07) is 5.91. The van der Waals surface area contributed by atoms with Crippen LogP contribution in [0.1, 0.15) is 31.2 Å². The predicted octanol–water partition coefficient (Wildman–Crippen LogP) is 2.14. The standard InChI is InChI=1S/C16H23N3/c1-2-14(10-17-7-1)12-19-9-6-15-16(19)5-8-18(15)11-13-3-4-13/h1-2,7,10,13,15-16H,3-6,8-9,11-12H2/t15-,16+/m1/s1. The smallest absolute Gasteiger partial charge is 0.0312 e. The van der Waals surface area contributed by atoms with E-state index in [0.29, 0.717) is 0 Å². The summed E-state index contributed by atoms with van der Waals surface area (Å²) in [6.45, 7) is 5.06. The zero-order chi connectivity index (χ0) is 12.7. The Balaban J connectivity index is 1.40. The zero-order valence-corrected chi connectivity index (χ0v) is 11.5. The number of likely N-dealkylation sites (tertiary alicyclic amines) is 2. The molecule has 0 bridgehead atoms. The molecule has 3 aliphatic rings. The van der Waals surface area contributed by atoms with Crippen molar-refractivity contribution < 1.29 is 0 Å². The molecule has 3 fully saturated rings. The lowest BCUT2D eigenvalue weighted by Crippen LogP contribution is -2.37. The van der Waals surface area contributed by atoms with Crippen LogP contribution in [0.15, 0.2) is 24.5 Å². The van der Waals surface area contributed by atoms with Crippen LogP contribution < -0.4 is 0 Å². The van der Waals surface area contributed by atoms with E-state index in [2.05, 4.69) is 26.9 Å². The fourth-order valence-electron chi connectivity index (χ4n) is 3.95. The summed E-state index contributed by atoms with van der Waals surface area (Å²) >= 11 is 0. The first-order valence-electron chi connectivity index (χ1n) is 7.77. The van der Waals surface area contributed by atoms with E-state index in [0.717, 1.165) is 24.5 Å². The van der Waals surface area contributed by atoms with E-state index in [-0.39, 0.29) is 0 Å². The van der Waals surface area contributed by atoms with E-state index in [1.165, 1.54) is 50.9 Å². The molecule has 1 aromatic rings. The Bertz CT molecular complexity index is 429. The Hall–Kier alpha value is -0.930. The molecular formula is C16H23N3. The van der Waals surface area contributed by atoms with Gasteiger partial charge in [0.15, 0.2) is 0 Å². The van der Waals surface area contributed by atoms with Crippen molar-refractivity contribution in [1.82, 2.24) is 14.8 Å². The Morgan fingerprint density at radius 3 is 2.58 bits per heavy atom. The molecule has 0 amide bonds. The fraction of sp³-hybridized carbons (Fsp3) is 0.688. The summed E-state index contributed by atoms with van der Waals surface area (Å²) in [6.07, 6.45) is 9.59. The van der Waals surface area contributed by atoms with Gasteiger partial charge in [-0.25, -0.2) is 0 Å². The molecule has 3 nitrogen and oxygen atoms in total. The molecule has 1 aromatic heterocycles. The Labute approximate surface area is 115 Å². The predicted molar refractivity (Wildman–Crippen MR) is 75.8 cm³/mol. The van der Waals surface area contributed by atoms with Crippen molar-refractivity contribution in [3.63, 3.8) is 0 Å². The van der Waals surface area contributed by atoms with Crippen molar-refractivity contribution >= 4 is 0 Å². The molecule has 3 heterocycles. The van der Waals surface area contributed by atoms with Crippen molar-refractivity contribution in [3.8, 4) is 0 Å². The van der Waals surface area contributed by atoms with Gasteiger partial charge in [0.2, 0.25) is 0 Å². The van der Waals surface area contributed by atoms with Gasteiger partial charge in [-0.1, -0.05) is 6.07 Å². The fourth-order valence-corrected chi connectivity index (χ4v) is 3.95. The molecule has 0 spiro atoms. The number of rotatable bonds is 4. The van der Waals surface area contributed by atoms with Gasteiger partial charge in [0.1, 0.15) is 0 Å². The van der Waals surface area contributed by atoms with Crippen LogP contribution in [0.3, 0.4) is 0 Å². The van der Waals surface area contributed by atoms with Gasteiger partial charge in [0.05, 0.1) is 0 Å². The Morgan fingerprint density at radius 2 is 1.84 bits per heavy atom. The average Bonchev–Trinajstić information content (AvgIpc) is 3.03. The molecule has 4 rings (SSSR count). The molecule has 2 aliphatic heterocycles. The van der Waals surface area contributed by atoms with Crippen LogP contribution in [0.2, 0.25) is 0 Å². The van der Waals surface area contributed by atoms with Crippen LogP contribution in [0.4, 0.5) is 0 Å². The van der Waals surface area contributed by atoms with Crippen LogP contribution in [0, 0.1) is 5.92 Å². The van der Waals surface area contributed by atoms with Crippen LogP contribution in [-0.4, -0.2) is 46.5 Å². The highest BCUT2D eigenvalue weighted by Crippen LogP contribution is 2.37. The second kappa shape index (κ2) is 4.88. The molecular weight excluding hydrogens is 234 g/mol. The van der Waals surface area contributed by atoms with Crippen molar-refractivity contribution in [2.75, 3.05) is 19.6 Å². The molecule has 2 atom stereocenters. The largest absolute Gasteiger partial charge is 0.298 e. The van der Waals surface area contributed by atoms with Crippen LogP contribution >= 0.6 is 0 Å². The van der Waals surface area contributed by atoms with E-state index in [1.54, 1.807) is 0 Å². The van der Waals surface area contributed by atoms with E-state index < -0.39 is 0 Å². The summed E-state index contributed by atoms with van der Waals surface area (Å²) in [4.78, 5) is 9.71. The first-order valence-corrected chi connectivity index (χ1v) is 7.77. The second-order valence-corrected chi connectivity index (χ2v) is 6.48. The van der Waals surface area contributed by atoms with Gasteiger partial charge < -0.3 is 0 Å². The lowest BCUT2D eigenvalue weighted by atomic mass is 10.1. The quantitative estimate of drug-likeness (QED) is 0.824. The van der Waals surface area contributed by atoms with Crippen LogP contribution in [-0.2, 0) is 6.54 Å². The lowest BCUT2D eigenvalue weighted by molar-refractivity contribution is 0.212. The summed E-state index contributed by atoms with van der Waals surface area (Å²) in [5.74, 6) is 1.03. The molecule has 0 aromatic carbocycles. The number of aromatic nitrogens is 1. The molecule has 3 heteroatoms. The minimum absolute atomic E-state index is 0.805. The van der Waals surface area contributed by atoms with E-state index in [4.69, 9.17) is 0 Å². The zero-order valence-electron chi connectivity index (χ0n) is 11.5. The van der Waals surface area contributed by atoms with E-state index >= 15 is 0 Å². The monoisotopic (exact) mass is 257 g/mol. The highest BCUT2D eigenvalue weighted by atomic mass is 15.3. The van der Waals surface area contributed by atoms with Crippen LogP contribution in [0.25, 0.3) is 0 Å². The van der Waals surface area contributed by atoms with Gasteiger partial charge in [-0.3, -0.25) is 14.8 Å². The second-order valence-electron chi connectivity index (χ2n) is 6.48. The van der Waals surface area contributed by atoms with E-state index in [1.807, 2.05) is 12.4 Å². The lowest BCUT2D eigenvalue weighted by Gasteiger charge is -2.25. The first-order chi connectivity index (χ1) is 9.40. The van der Waals surface area contributed by atoms with Crippen molar-refractivity contribution in [1.29, 1.82) is 0 Å². The van der Waals surface area contributed by atoms with Gasteiger partial charge in [-0.15, -0.1) is 0 Å². The third-order valence-electron chi connectivity index (χ3n) is 5.10. The van der Waals surface area contributed by atoms with Crippen molar-refractivity contribution in [3.05, 3.63) is 30.1 Å². The topological polar surface area (TPSA) is 19.4 Å². The molecule has 1 aliphatic carbocycles. The minimum Gasteiger partial charge on any atom is -0.298 e. The number of hydrogen-bond donors (Lipinski definition) is 0. The molecule has 102 valence electrons. The van der Waals surface area contributed by atoms with E-state index in [9.17, 15) is 0 Å². The van der Waals surface area contributed by atoms with Crippen molar-refractivity contribution in [2.45, 2.75) is 44.3 Å². The number of nitrogens with zero attached hydrogens (tertiary/aromatic N) is 3. The van der Waals surface area contributed by atoms with Crippen LogP contribution in [0.5, 0.6) is 0 Å². The Kier molecular flexibility index (Phi) is 3.04. The maximum absolute atomic E-state index is 4.24. The third kappa shape index (κ3) is 2.41. The number of fused-ring (bicyclic) bond motifs is 1. The summed E-state index contributed by atoms with van der Waals surface area (Å²) in [5.41, 5.74) is 1.36. The van der Waals surface area contributed by atoms with Gasteiger partial charge in [-0.05, 0) is 43.2 Å². The molecule has 1 saturated carbocycles. The van der Waals surface area contributed by atoms with Gasteiger partial charge >= 0.3 is 0 Å². The first kappa shape index (κ1) is 11.9. The number of hydrogen-bond acceptors (Lipinski definition) is 3. The summed E-state index contributed by atoms with van der Waals surface area (Å²) in [7, 11) is 0. The summed E-state index contributed by atoms with van der Waals surface area (Å²) < 4.78 is 0. The molecule has 0 unspecified atom stereocenters. The molecule has 2 saturated heterocycles. The minimum atomic E-state index is 0.805. The maximum Gasteiger partial charge on any atom is 0.0312 e. The van der Waals surface area contributed by atoms with Gasteiger partial charge in [0.25, 0.3) is 0 Å². The molecule has 0 N–H and O–H groups in total. The molecule has 19 heavy (non-hydrogen) atoms. The molecule has 0 radical (unpaired) electrons. The third-order valence-corrected chi connectivity index (χ3v) is 5.10.